The Morgan fingerprint density at radius 1 is 1.17 bits per heavy atom. The van der Waals surface area contributed by atoms with Crippen molar-refractivity contribution in [1.29, 1.82) is 0 Å². The molecule has 0 spiro atoms. The van der Waals surface area contributed by atoms with Crippen molar-refractivity contribution in [3.8, 4) is 5.75 Å². The van der Waals surface area contributed by atoms with Gasteiger partial charge in [0.05, 0.1) is 12.7 Å². The molecule has 1 aromatic rings. The fraction of sp³-hybridized carbons (Fsp3) is 0.652. The summed E-state index contributed by atoms with van der Waals surface area (Å²) >= 11 is 6.28. The lowest BCUT2D eigenvalue weighted by Crippen LogP contribution is -2.51. The number of rotatable bonds is 5. The minimum Gasteiger partial charge on any atom is -0.493 e. The molecule has 1 aromatic carbocycles. The van der Waals surface area contributed by atoms with Gasteiger partial charge in [-0.25, -0.2) is 0 Å². The Kier molecular flexibility index (Phi) is 7.30. The molecule has 2 fully saturated rings. The zero-order valence-electron chi connectivity index (χ0n) is 18.2. The van der Waals surface area contributed by atoms with Crippen molar-refractivity contribution in [2.45, 2.75) is 59.0 Å². The minimum absolute atomic E-state index is 0.0331. The molecule has 3 rings (SSSR count). The number of nitrogens with zero attached hydrogens (tertiary/aromatic N) is 2. The molecule has 2 amide bonds. The molecular weight excluding hydrogens is 404 g/mol. The number of carbonyl (C=O) groups excluding carboxylic acids is 2. The van der Waals surface area contributed by atoms with Gasteiger partial charge in [0.25, 0.3) is 0 Å². The predicted molar refractivity (Wildman–Crippen MR) is 117 cm³/mol. The third-order valence-corrected chi connectivity index (χ3v) is 7.00. The number of benzene rings is 1. The van der Waals surface area contributed by atoms with E-state index in [9.17, 15) is 14.7 Å². The number of hydrogen-bond donors (Lipinski definition) is 1. The van der Waals surface area contributed by atoms with Gasteiger partial charge in [0.1, 0.15) is 5.75 Å². The van der Waals surface area contributed by atoms with Crippen LogP contribution in [0.2, 0.25) is 5.02 Å². The molecule has 0 bridgehead atoms. The van der Waals surface area contributed by atoms with E-state index in [1.54, 1.807) is 6.92 Å². The zero-order chi connectivity index (χ0) is 21.9. The summed E-state index contributed by atoms with van der Waals surface area (Å²) in [5, 5.41) is 10.5. The summed E-state index contributed by atoms with van der Waals surface area (Å²) in [7, 11) is 0. The van der Waals surface area contributed by atoms with E-state index < -0.39 is 5.41 Å². The Morgan fingerprint density at radius 3 is 2.40 bits per heavy atom. The van der Waals surface area contributed by atoms with Crippen molar-refractivity contribution in [2.24, 2.45) is 5.41 Å². The van der Waals surface area contributed by atoms with Crippen molar-refractivity contribution < 1.29 is 19.4 Å². The number of piperidine rings is 2. The number of aryl methyl sites for hydroxylation is 2. The van der Waals surface area contributed by atoms with Crippen molar-refractivity contribution in [1.82, 2.24) is 9.80 Å². The minimum atomic E-state index is -0.418. The Bertz CT molecular complexity index is 768. The first-order valence-electron chi connectivity index (χ1n) is 10.8. The molecule has 0 radical (unpaired) electrons. The molecule has 1 atom stereocenters. The van der Waals surface area contributed by atoms with Crippen molar-refractivity contribution in [3.63, 3.8) is 0 Å². The van der Waals surface area contributed by atoms with Crippen LogP contribution in [0.25, 0.3) is 0 Å². The number of amides is 2. The van der Waals surface area contributed by atoms with E-state index in [2.05, 4.69) is 0 Å². The lowest BCUT2D eigenvalue weighted by atomic mass is 9.77. The molecule has 166 valence electrons. The molecular formula is C23H33ClN2O4. The number of aliphatic hydroxyl groups excluding tert-OH is 1. The first-order chi connectivity index (χ1) is 14.2. The lowest BCUT2D eigenvalue weighted by Gasteiger charge is -2.43. The largest absolute Gasteiger partial charge is 0.493 e. The van der Waals surface area contributed by atoms with E-state index in [0.29, 0.717) is 45.5 Å². The molecule has 2 saturated heterocycles. The summed E-state index contributed by atoms with van der Waals surface area (Å²) in [6.07, 6.45) is 2.97. The van der Waals surface area contributed by atoms with Crippen LogP contribution in [-0.4, -0.2) is 65.6 Å². The molecule has 0 aromatic heterocycles. The highest BCUT2D eigenvalue weighted by Gasteiger charge is 2.40. The maximum Gasteiger partial charge on any atom is 0.223 e. The number of hydrogen-bond acceptors (Lipinski definition) is 4. The first kappa shape index (κ1) is 22.9. The van der Waals surface area contributed by atoms with Crippen LogP contribution in [0.1, 0.15) is 50.2 Å². The molecule has 0 unspecified atom stereocenters. The third kappa shape index (κ3) is 5.46. The molecule has 2 aliphatic rings. The van der Waals surface area contributed by atoms with Gasteiger partial charge in [0.2, 0.25) is 11.8 Å². The summed E-state index contributed by atoms with van der Waals surface area (Å²) in [5.41, 5.74) is 1.49. The average molecular weight is 437 g/mol. The van der Waals surface area contributed by atoms with Crippen LogP contribution >= 0.6 is 11.6 Å². The second-order valence-electron chi connectivity index (χ2n) is 8.99. The number of carbonyl (C=O) groups is 2. The maximum absolute atomic E-state index is 13.1. The Balaban J connectivity index is 1.76. The van der Waals surface area contributed by atoms with Gasteiger partial charge in [-0.2, -0.15) is 0 Å². The van der Waals surface area contributed by atoms with Gasteiger partial charge in [0, 0.05) is 50.0 Å². The molecule has 1 N–H and O–H groups in total. The van der Waals surface area contributed by atoms with Gasteiger partial charge in [-0.05, 0) is 62.8 Å². The van der Waals surface area contributed by atoms with Crippen molar-refractivity contribution in [3.05, 3.63) is 28.3 Å². The van der Waals surface area contributed by atoms with Crippen LogP contribution in [0.5, 0.6) is 5.75 Å². The molecule has 2 aliphatic heterocycles. The van der Waals surface area contributed by atoms with E-state index >= 15 is 0 Å². The fourth-order valence-electron chi connectivity index (χ4n) is 4.56. The highest BCUT2D eigenvalue weighted by molar-refractivity contribution is 6.32. The Morgan fingerprint density at radius 2 is 1.80 bits per heavy atom. The Hall–Kier alpha value is -1.79. The van der Waals surface area contributed by atoms with Crippen molar-refractivity contribution >= 4 is 23.4 Å². The smallest absolute Gasteiger partial charge is 0.223 e. The van der Waals surface area contributed by atoms with E-state index in [1.807, 2.05) is 35.8 Å². The van der Waals surface area contributed by atoms with Crippen LogP contribution in [0, 0.1) is 19.3 Å². The van der Waals surface area contributed by atoms with Crippen molar-refractivity contribution in [2.75, 3.05) is 32.8 Å². The van der Waals surface area contributed by atoms with Crippen LogP contribution < -0.4 is 4.74 Å². The summed E-state index contributed by atoms with van der Waals surface area (Å²) < 4.78 is 6.19. The number of halogens is 1. The van der Waals surface area contributed by atoms with Crippen LogP contribution in [0.4, 0.5) is 0 Å². The second kappa shape index (κ2) is 9.56. The Labute approximate surface area is 184 Å². The van der Waals surface area contributed by atoms with Gasteiger partial charge < -0.3 is 19.6 Å². The summed E-state index contributed by atoms with van der Waals surface area (Å²) in [4.78, 5) is 28.8. The van der Waals surface area contributed by atoms with E-state index in [1.165, 1.54) is 0 Å². The molecule has 30 heavy (non-hydrogen) atoms. The van der Waals surface area contributed by atoms with Crippen LogP contribution in [0.15, 0.2) is 12.1 Å². The first-order valence-corrected chi connectivity index (χ1v) is 11.2. The third-order valence-electron chi connectivity index (χ3n) is 6.41. The second-order valence-corrected chi connectivity index (χ2v) is 9.37. The van der Waals surface area contributed by atoms with Gasteiger partial charge in [-0.15, -0.1) is 0 Å². The van der Waals surface area contributed by atoms with Gasteiger partial charge in [-0.3, -0.25) is 9.59 Å². The van der Waals surface area contributed by atoms with Crippen LogP contribution in [-0.2, 0) is 9.59 Å². The summed E-state index contributed by atoms with van der Waals surface area (Å²) in [6, 6.07) is 3.84. The van der Waals surface area contributed by atoms with E-state index in [-0.39, 0.29) is 17.9 Å². The summed E-state index contributed by atoms with van der Waals surface area (Å²) in [6.45, 7) is 8.27. The maximum atomic E-state index is 13.1. The molecule has 0 aliphatic carbocycles. The van der Waals surface area contributed by atoms with E-state index in [0.717, 1.165) is 41.3 Å². The normalized spacial score (nSPS) is 22.8. The number of likely N-dealkylation sites (tertiary alicyclic amines) is 2. The average Bonchev–Trinajstić information content (AvgIpc) is 2.71. The zero-order valence-corrected chi connectivity index (χ0v) is 19.0. The quantitative estimate of drug-likeness (QED) is 0.768. The highest BCUT2D eigenvalue weighted by atomic mass is 35.5. The SMILES string of the molecule is CC(=O)N1CCC[C@@](COc2cc(C)c(Cl)c(C)c2)(CC(=O)N2CCC(O)CC2)C1. The highest BCUT2D eigenvalue weighted by Crippen LogP contribution is 2.36. The standard InChI is InChI=1S/C23H33ClN2O4/c1-16-11-20(12-17(2)22(16)24)30-15-23(7-4-8-26(14-23)18(3)27)13-21(29)25-9-5-19(28)6-10-25/h11-12,19,28H,4-10,13-15H2,1-3H3/t23-/m1/s1. The molecule has 2 heterocycles. The fourth-order valence-corrected chi connectivity index (χ4v) is 4.67. The topological polar surface area (TPSA) is 70.1 Å². The van der Waals surface area contributed by atoms with E-state index in [4.69, 9.17) is 16.3 Å². The van der Waals surface area contributed by atoms with Gasteiger partial charge in [-0.1, -0.05) is 11.6 Å². The molecule has 7 heteroatoms. The van der Waals surface area contributed by atoms with Gasteiger partial charge in [0.15, 0.2) is 0 Å². The molecule has 0 saturated carbocycles. The number of aliphatic hydroxyl groups is 1. The molecule has 6 nitrogen and oxygen atoms in total. The van der Waals surface area contributed by atoms with Gasteiger partial charge >= 0.3 is 0 Å². The monoisotopic (exact) mass is 436 g/mol. The lowest BCUT2D eigenvalue weighted by molar-refractivity contribution is -0.141. The summed E-state index contributed by atoms with van der Waals surface area (Å²) in [5.74, 6) is 0.854. The predicted octanol–water partition coefficient (Wildman–Crippen LogP) is 3.34. The number of ether oxygens (including phenoxy) is 1. The van der Waals surface area contributed by atoms with Crippen LogP contribution in [0.3, 0.4) is 0 Å².